The predicted octanol–water partition coefficient (Wildman–Crippen LogP) is 1.20. The normalized spacial score (nSPS) is 9.71. The largest absolute Gasteiger partial charge is 0.396 e. The van der Waals surface area contributed by atoms with Gasteiger partial charge in [0.25, 0.3) is 0 Å². The van der Waals surface area contributed by atoms with Gasteiger partial charge < -0.3 is 11.1 Å². The molecule has 2 aromatic rings. The van der Waals surface area contributed by atoms with E-state index in [9.17, 15) is 0 Å². The van der Waals surface area contributed by atoms with Crippen LogP contribution in [0.15, 0.2) is 37.1 Å². The van der Waals surface area contributed by atoms with E-state index in [0.717, 1.165) is 5.69 Å². The van der Waals surface area contributed by atoms with Crippen molar-refractivity contribution in [2.75, 3.05) is 11.1 Å². The van der Waals surface area contributed by atoms with Crippen LogP contribution < -0.4 is 11.1 Å². The van der Waals surface area contributed by atoms with Crippen LogP contribution in [0.5, 0.6) is 0 Å². The molecule has 70 valence electrons. The van der Waals surface area contributed by atoms with Crippen LogP contribution >= 0.6 is 0 Å². The fraction of sp³-hybridized carbons (Fsp3) is 0. The molecule has 0 aromatic carbocycles. The highest BCUT2D eigenvalue weighted by Crippen LogP contribution is 2.19. The van der Waals surface area contributed by atoms with Gasteiger partial charge in [-0.15, -0.1) is 0 Å². The molecule has 0 spiro atoms. The van der Waals surface area contributed by atoms with E-state index in [1.165, 1.54) is 6.33 Å². The molecule has 3 N–H and O–H groups in total. The van der Waals surface area contributed by atoms with E-state index in [2.05, 4.69) is 20.3 Å². The van der Waals surface area contributed by atoms with Crippen molar-refractivity contribution in [3.05, 3.63) is 37.1 Å². The highest BCUT2D eigenvalue weighted by atomic mass is 15.0. The molecule has 14 heavy (non-hydrogen) atoms. The number of rotatable bonds is 2. The summed E-state index contributed by atoms with van der Waals surface area (Å²) in [4.78, 5) is 11.7. The molecule has 0 bridgehead atoms. The number of nitrogen functional groups attached to an aromatic ring is 1. The van der Waals surface area contributed by atoms with E-state index < -0.39 is 0 Å². The Hall–Kier alpha value is -2.17. The van der Waals surface area contributed by atoms with Crippen LogP contribution in [0.1, 0.15) is 0 Å². The maximum Gasteiger partial charge on any atom is 0.133 e. The number of hydrogen-bond donors (Lipinski definition) is 2. The van der Waals surface area contributed by atoms with Gasteiger partial charge in [-0.2, -0.15) is 0 Å². The van der Waals surface area contributed by atoms with Crippen molar-refractivity contribution in [3.8, 4) is 0 Å². The first-order valence-electron chi connectivity index (χ1n) is 4.09. The fourth-order valence-corrected chi connectivity index (χ4v) is 1.02. The number of aromatic nitrogens is 3. The maximum atomic E-state index is 5.70. The Morgan fingerprint density at radius 3 is 2.71 bits per heavy atom. The van der Waals surface area contributed by atoms with Gasteiger partial charge in [-0.25, -0.2) is 9.97 Å². The highest BCUT2D eigenvalue weighted by molar-refractivity contribution is 5.69. The van der Waals surface area contributed by atoms with Gasteiger partial charge in [0.05, 0.1) is 17.6 Å². The van der Waals surface area contributed by atoms with Crippen LogP contribution in [0.3, 0.4) is 0 Å². The molecule has 5 nitrogen and oxygen atoms in total. The molecular formula is C9H9N5. The molecular weight excluding hydrogens is 178 g/mol. The second-order valence-electron chi connectivity index (χ2n) is 2.68. The molecule has 0 amide bonds. The first-order chi connectivity index (χ1) is 6.86. The standard InChI is InChI=1S/C9H9N5/c10-7-5-11-3-1-8(7)14-9-2-4-12-6-13-9/h1-6H,10H2,(H,11,12,13,14). The zero-order chi connectivity index (χ0) is 9.80. The molecule has 0 saturated carbocycles. The number of pyridine rings is 1. The summed E-state index contributed by atoms with van der Waals surface area (Å²) in [7, 11) is 0. The second kappa shape index (κ2) is 3.69. The first-order valence-corrected chi connectivity index (χ1v) is 4.09. The van der Waals surface area contributed by atoms with E-state index >= 15 is 0 Å². The molecule has 2 aromatic heterocycles. The van der Waals surface area contributed by atoms with E-state index in [0.29, 0.717) is 11.5 Å². The third kappa shape index (κ3) is 1.77. The lowest BCUT2D eigenvalue weighted by molar-refractivity contribution is 1.17. The van der Waals surface area contributed by atoms with Gasteiger partial charge in [0.15, 0.2) is 0 Å². The zero-order valence-electron chi connectivity index (χ0n) is 7.38. The van der Waals surface area contributed by atoms with Crippen LogP contribution in [0, 0.1) is 0 Å². The van der Waals surface area contributed by atoms with E-state index in [-0.39, 0.29) is 0 Å². The van der Waals surface area contributed by atoms with Crippen LogP contribution in [-0.2, 0) is 0 Å². The van der Waals surface area contributed by atoms with Crippen molar-refractivity contribution < 1.29 is 0 Å². The van der Waals surface area contributed by atoms with Crippen LogP contribution in [-0.4, -0.2) is 15.0 Å². The second-order valence-corrected chi connectivity index (χ2v) is 2.68. The highest BCUT2D eigenvalue weighted by Gasteiger charge is 1.98. The van der Waals surface area contributed by atoms with Crippen LogP contribution in [0.25, 0.3) is 0 Å². The summed E-state index contributed by atoms with van der Waals surface area (Å²) < 4.78 is 0. The lowest BCUT2D eigenvalue weighted by Crippen LogP contribution is -1.98. The molecule has 2 heterocycles. The smallest absolute Gasteiger partial charge is 0.133 e. The molecule has 0 radical (unpaired) electrons. The topological polar surface area (TPSA) is 76.7 Å². The third-order valence-electron chi connectivity index (χ3n) is 1.70. The first kappa shape index (κ1) is 8.43. The lowest BCUT2D eigenvalue weighted by Gasteiger charge is -2.06. The molecule has 0 unspecified atom stereocenters. The zero-order valence-corrected chi connectivity index (χ0v) is 7.38. The average molecular weight is 187 g/mol. The van der Waals surface area contributed by atoms with Crippen molar-refractivity contribution in [1.29, 1.82) is 0 Å². The number of hydrogen-bond acceptors (Lipinski definition) is 5. The summed E-state index contributed by atoms with van der Waals surface area (Å²) in [6, 6.07) is 3.55. The third-order valence-corrected chi connectivity index (χ3v) is 1.70. The van der Waals surface area contributed by atoms with Gasteiger partial charge >= 0.3 is 0 Å². The molecule has 2 rings (SSSR count). The molecule has 0 atom stereocenters. The minimum Gasteiger partial charge on any atom is -0.396 e. The maximum absolute atomic E-state index is 5.70. The van der Waals surface area contributed by atoms with Crippen molar-refractivity contribution in [2.24, 2.45) is 0 Å². The molecule has 5 heteroatoms. The Bertz CT molecular complexity index is 415. The fourth-order valence-electron chi connectivity index (χ4n) is 1.02. The van der Waals surface area contributed by atoms with Gasteiger partial charge in [-0.1, -0.05) is 0 Å². The summed E-state index contributed by atoms with van der Waals surface area (Å²) in [5.74, 6) is 0.706. The van der Waals surface area contributed by atoms with Crippen molar-refractivity contribution in [1.82, 2.24) is 15.0 Å². The average Bonchev–Trinajstić information content (AvgIpc) is 2.23. The SMILES string of the molecule is Nc1cnccc1Nc1ccncn1. The molecule has 0 saturated heterocycles. The number of nitrogens with two attached hydrogens (primary N) is 1. The Labute approximate surface area is 81.0 Å². The van der Waals surface area contributed by atoms with Gasteiger partial charge in [0.1, 0.15) is 12.1 Å². The van der Waals surface area contributed by atoms with E-state index in [1.54, 1.807) is 30.7 Å². The summed E-state index contributed by atoms with van der Waals surface area (Å²) in [5.41, 5.74) is 7.08. The lowest BCUT2D eigenvalue weighted by atomic mass is 10.3. The quantitative estimate of drug-likeness (QED) is 0.738. The molecule has 0 aliphatic carbocycles. The summed E-state index contributed by atoms with van der Waals surface area (Å²) >= 11 is 0. The number of anilines is 3. The van der Waals surface area contributed by atoms with Crippen LogP contribution in [0.4, 0.5) is 17.2 Å². The minimum absolute atomic E-state index is 0.589. The molecule has 0 aliphatic rings. The van der Waals surface area contributed by atoms with Crippen molar-refractivity contribution in [2.45, 2.75) is 0 Å². The van der Waals surface area contributed by atoms with E-state index in [1.807, 2.05) is 0 Å². The van der Waals surface area contributed by atoms with Crippen LogP contribution in [0.2, 0.25) is 0 Å². The predicted molar refractivity (Wildman–Crippen MR) is 54.0 cm³/mol. The Kier molecular flexibility index (Phi) is 2.22. The van der Waals surface area contributed by atoms with Crippen molar-refractivity contribution in [3.63, 3.8) is 0 Å². The number of nitrogens with zero attached hydrogens (tertiary/aromatic N) is 3. The van der Waals surface area contributed by atoms with Gasteiger partial charge in [-0.05, 0) is 12.1 Å². The summed E-state index contributed by atoms with van der Waals surface area (Å²) in [6.07, 6.45) is 6.38. The monoisotopic (exact) mass is 187 g/mol. The summed E-state index contributed by atoms with van der Waals surface area (Å²) in [6.45, 7) is 0. The summed E-state index contributed by atoms with van der Waals surface area (Å²) in [5, 5.41) is 3.06. The Morgan fingerprint density at radius 1 is 1.14 bits per heavy atom. The Balaban J connectivity index is 2.24. The number of nitrogens with one attached hydrogen (secondary N) is 1. The van der Waals surface area contributed by atoms with Crippen molar-refractivity contribution >= 4 is 17.2 Å². The Morgan fingerprint density at radius 2 is 2.00 bits per heavy atom. The van der Waals surface area contributed by atoms with E-state index in [4.69, 9.17) is 5.73 Å². The van der Waals surface area contributed by atoms with Gasteiger partial charge in [0.2, 0.25) is 0 Å². The van der Waals surface area contributed by atoms with Gasteiger partial charge in [-0.3, -0.25) is 4.98 Å². The molecule has 0 fully saturated rings. The van der Waals surface area contributed by atoms with Gasteiger partial charge in [0, 0.05) is 12.4 Å². The minimum atomic E-state index is 0.589. The molecule has 0 aliphatic heterocycles.